The standard InChI is InChI=1S/C7H12N2O3/c8-5(7(11)12)4-9-3-1-2-6(9)10/h5H,1-4,8H2,(H,11,12)/t5-/m1/s1. The molecule has 3 N–H and O–H groups in total. The third-order valence-corrected chi connectivity index (χ3v) is 1.91. The average Bonchev–Trinajstić information content (AvgIpc) is 2.36. The van der Waals surface area contributed by atoms with Crippen molar-refractivity contribution in [2.75, 3.05) is 13.1 Å². The van der Waals surface area contributed by atoms with Crippen LogP contribution in [0.1, 0.15) is 12.8 Å². The van der Waals surface area contributed by atoms with Crippen LogP contribution in [0.4, 0.5) is 0 Å². The highest BCUT2D eigenvalue weighted by Gasteiger charge is 2.24. The molecule has 12 heavy (non-hydrogen) atoms. The molecule has 1 saturated heterocycles. The van der Waals surface area contributed by atoms with Crippen molar-refractivity contribution in [3.8, 4) is 0 Å². The van der Waals surface area contributed by atoms with Crippen LogP contribution in [-0.2, 0) is 9.59 Å². The second-order valence-corrected chi connectivity index (χ2v) is 2.89. The van der Waals surface area contributed by atoms with Crippen LogP contribution in [-0.4, -0.2) is 41.0 Å². The van der Waals surface area contributed by atoms with Crippen LogP contribution in [0.2, 0.25) is 0 Å². The van der Waals surface area contributed by atoms with Crippen molar-refractivity contribution in [3.63, 3.8) is 0 Å². The minimum absolute atomic E-state index is 0.00620. The first-order valence-electron chi connectivity index (χ1n) is 3.87. The molecular weight excluding hydrogens is 160 g/mol. The predicted octanol–water partition coefficient (Wildman–Crippen LogP) is -0.979. The highest BCUT2D eigenvalue weighted by Crippen LogP contribution is 2.09. The number of nitrogens with two attached hydrogens (primary N) is 1. The van der Waals surface area contributed by atoms with E-state index in [0.29, 0.717) is 13.0 Å². The van der Waals surface area contributed by atoms with E-state index in [2.05, 4.69) is 0 Å². The number of carbonyl (C=O) groups is 2. The quantitative estimate of drug-likeness (QED) is 0.573. The number of hydrogen-bond donors (Lipinski definition) is 2. The molecule has 1 atom stereocenters. The molecule has 1 amide bonds. The molecule has 1 aliphatic heterocycles. The van der Waals surface area contributed by atoms with Crippen molar-refractivity contribution in [1.82, 2.24) is 4.90 Å². The van der Waals surface area contributed by atoms with Crippen LogP contribution in [0.5, 0.6) is 0 Å². The lowest BCUT2D eigenvalue weighted by Gasteiger charge is -2.17. The van der Waals surface area contributed by atoms with Crippen LogP contribution >= 0.6 is 0 Å². The predicted molar refractivity (Wildman–Crippen MR) is 41.4 cm³/mol. The molecule has 0 bridgehead atoms. The van der Waals surface area contributed by atoms with Crippen molar-refractivity contribution in [2.45, 2.75) is 18.9 Å². The van der Waals surface area contributed by atoms with Crippen LogP contribution in [0.15, 0.2) is 0 Å². The Kier molecular flexibility index (Phi) is 2.65. The first-order chi connectivity index (χ1) is 5.61. The molecule has 1 heterocycles. The summed E-state index contributed by atoms with van der Waals surface area (Å²) in [6.07, 6.45) is 1.33. The normalized spacial score (nSPS) is 19.8. The Morgan fingerprint density at radius 2 is 2.42 bits per heavy atom. The molecule has 1 rings (SSSR count). The fourth-order valence-corrected chi connectivity index (χ4v) is 1.21. The maximum absolute atomic E-state index is 11.0. The highest BCUT2D eigenvalue weighted by atomic mass is 16.4. The minimum atomic E-state index is -1.06. The molecule has 0 saturated carbocycles. The van der Waals surface area contributed by atoms with E-state index in [1.165, 1.54) is 4.90 Å². The Hall–Kier alpha value is -1.10. The van der Waals surface area contributed by atoms with Crippen LogP contribution in [0.3, 0.4) is 0 Å². The highest BCUT2D eigenvalue weighted by molar-refractivity contribution is 5.80. The topological polar surface area (TPSA) is 83.6 Å². The lowest BCUT2D eigenvalue weighted by Crippen LogP contribution is -2.43. The molecule has 1 fully saturated rings. The number of nitrogens with zero attached hydrogens (tertiary/aromatic N) is 1. The van der Waals surface area contributed by atoms with E-state index in [1.54, 1.807) is 0 Å². The zero-order valence-electron chi connectivity index (χ0n) is 6.69. The van der Waals surface area contributed by atoms with E-state index in [4.69, 9.17) is 10.8 Å². The van der Waals surface area contributed by atoms with Gasteiger partial charge in [0, 0.05) is 19.5 Å². The minimum Gasteiger partial charge on any atom is -0.480 e. The van der Waals surface area contributed by atoms with Crippen molar-refractivity contribution in [2.24, 2.45) is 5.73 Å². The van der Waals surface area contributed by atoms with E-state index < -0.39 is 12.0 Å². The van der Waals surface area contributed by atoms with Gasteiger partial charge in [-0.15, -0.1) is 0 Å². The van der Waals surface area contributed by atoms with Crippen molar-refractivity contribution in [1.29, 1.82) is 0 Å². The molecular formula is C7H12N2O3. The van der Waals surface area contributed by atoms with Crippen LogP contribution < -0.4 is 5.73 Å². The molecule has 0 aromatic carbocycles. The van der Waals surface area contributed by atoms with Gasteiger partial charge in [-0.05, 0) is 6.42 Å². The first-order valence-corrected chi connectivity index (χ1v) is 3.87. The summed E-state index contributed by atoms with van der Waals surface area (Å²) in [6.45, 7) is 0.772. The van der Waals surface area contributed by atoms with E-state index in [1.807, 2.05) is 0 Å². The maximum Gasteiger partial charge on any atom is 0.322 e. The fourth-order valence-electron chi connectivity index (χ4n) is 1.21. The Labute approximate surface area is 70.1 Å². The first kappa shape index (κ1) is 8.99. The zero-order valence-corrected chi connectivity index (χ0v) is 6.69. The van der Waals surface area contributed by atoms with Gasteiger partial charge in [0.1, 0.15) is 6.04 Å². The zero-order chi connectivity index (χ0) is 9.14. The summed E-state index contributed by atoms with van der Waals surface area (Å²) in [4.78, 5) is 22.8. The van der Waals surface area contributed by atoms with E-state index >= 15 is 0 Å². The lowest BCUT2D eigenvalue weighted by atomic mass is 10.3. The molecule has 0 radical (unpaired) electrons. The number of amides is 1. The summed E-state index contributed by atoms with van der Waals surface area (Å²) in [5.74, 6) is -1.05. The van der Waals surface area contributed by atoms with Crippen LogP contribution in [0.25, 0.3) is 0 Å². The van der Waals surface area contributed by atoms with E-state index in [9.17, 15) is 9.59 Å². The average molecular weight is 172 g/mol. The summed E-state index contributed by atoms with van der Waals surface area (Å²) >= 11 is 0. The molecule has 0 aromatic rings. The largest absolute Gasteiger partial charge is 0.480 e. The van der Waals surface area contributed by atoms with Crippen molar-refractivity contribution < 1.29 is 14.7 Å². The smallest absolute Gasteiger partial charge is 0.322 e. The number of carboxylic acids is 1. The Balaban J connectivity index is 2.40. The van der Waals surface area contributed by atoms with Gasteiger partial charge >= 0.3 is 5.97 Å². The second kappa shape index (κ2) is 3.53. The van der Waals surface area contributed by atoms with Crippen molar-refractivity contribution >= 4 is 11.9 Å². The number of carbonyl (C=O) groups excluding carboxylic acids is 1. The van der Waals surface area contributed by atoms with Gasteiger partial charge in [-0.1, -0.05) is 0 Å². The van der Waals surface area contributed by atoms with Gasteiger partial charge in [0.25, 0.3) is 0 Å². The molecule has 5 nitrogen and oxygen atoms in total. The number of rotatable bonds is 3. The molecule has 0 aromatic heterocycles. The van der Waals surface area contributed by atoms with Gasteiger partial charge in [-0.2, -0.15) is 0 Å². The summed E-state index contributed by atoms with van der Waals surface area (Å²) in [7, 11) is 0. The summed E-state index contributed by atoms with van der Waals surface area (Å²) in [6, 6.07) is -0.952. The van der Waals surface area contributed by atoms with E-state index in [0.717, 1.165) is 6.42 Å². The second-order valence-electron chi connectivity index (χ2n) is 2.89. The fraction of sp³-hybridized carbons (Fsp3) is 0.714. The molecule has 0 spiro atoms. The maximum atomic E-state index is 11.0. The molecule has 1 aliphatic rings. The summed E-state index contributed by atoms with van der Waals surface area (Å²) in [5, 5.41) is 8.47. The van der Waals surface area contributed by atoms with E-state index in [-0.39, 0.29) is 12.5 Å². The third kappa shape index (κ3) is 1.94. The Morgan fingerprint density at radius 3 is 2.83 bits per heavy atom. The van der Waals surface area contributed by atoms with Gasteiger partial charge in [-0.25, -0.2) is 0 Å². The number of carboxylic acid groups (broad SMARTS) is 1. The monoisotopic (exact) mass is 172 g/mol. The lowest BCUT2D eigenvalue weighted by molar-refractivity contribution is -0.139. The van der Waals surface area contributed by atoms with Crippen LogP contribution in [0, 0.1) is 0 Å². The van der Waals surface area contributed by atoms with Gasteiger partial charge in [0.05, 0.1) is 0 Å². The number of likely N-dealkylation sites (tertiary alicyclic amines) is 1. The Morgan fingerprint density at radius 1 is 1.75 bits per heavy atom. The molecule has 68 valence electrons. The van der Waals surface area contributed by atoms with Crippen molar-refractivity contribution in [3.05, 3.63) is 0 Å². The molecule has 5 heteroatoms. The van der Waals surface area contributed by atoms with Gasteiger partial charge in [-0.3, -0.25) is 9.59 Å². The SMILES string of the molecule is N[C@H](CN1CCCC1=O)C(=O)O. The van der Waals surface area contributed by atoms with Gasteiger partial charge < -0.3 is 15.7 Å². The third-order valence-electron chi connectivity index (χ3n) is 1.91. The Bertz CT molecular complexity index is 205. The van der Waals surface area contributed by atoms with Gasteiger partial charge in [0.2, 0.25) is 5.91 Å². The molecule has 0 aliphatic carbocycles. The summed E-state index contributed by atoms with van der Waals surface area (Å²) in [5.41, 5.74) is 5.27. The molecule has 0 unspecified atom stereocenters. The number of aliphatic carboxylic acids is 1. The number of hydrogen-bond acceptors (Lipinski definition) is 3. The van der Waals surface area contributed by atoms with Gasteiger partial charge in [0.15, 0.2) is 0 Å². The summed E-state index contributed by atoms with van der Waals surface area (Å²) < 4.78 is 0.